The summed E-state index contributed by atoms with van der Waals surface area (Å²) in [4.78, 5) is 30.8. The molecule has 3 aromatic carbocycles. The summed E-state index contributed by atoms with van der Waals surface area (Å²) >= 11 is 15.6. The van der Waals surface area contributed by atoms with Crippen molar-refractivity contribution >= 4 is 106 Å². The molecule has 0 fully saturated rings. The first kappa shape index (κ1) is 63.0. The number of hydrogen-bond donors (Lipinski definition) is 0. The predicted molar refractivity (Wildman–Crippen MR) is 342 cm³/mol. The molecule has 0 radical (unpaired) electrons. The Hall–Kier alpha value is -2.55. The van der Waals surface area contributed by atoms with Crippen LogP contribution in [0.4, 0.5) is 0 Å². The number of fused-ring (bicyclic) bond motifs is 12. The third kappa shape index (κ3) is 17.7. The molecule has 18 heteroatoms. The van der Waals surface area contributed by atoms with Crippen LogP contribution in [0.2, 0.25) is 0 Å². The van der Waals surface area contributed by atoms with Gasteiger partial charge in [0.05, 0.1) is 21.3 Å². The topological polar surface area (TPSA) is 105 Å². The number of hydrogen-bond acceptors (Lipinski definition) is 18. The minimum Gasteiger partial charge on any atom is -0.496 e. The summed E-state index contributed by atoms with van der Waals surface area (Å²) in [6.07, 6.45) is 3.10. The summed E-state index contributed by atoms with van der Waals surface area (Å²) in [5, 5.41) is 8.06. The van der Waals surface area contributed by atoms with E-state index < -0.39 is 0 Å². The molecule has 6 aromatic rings. The second-order valence-corrected chi connectivity index (χ2v) is 31.2. The van der Waals surface area contributed by atoms with Crippen molar-refractivity contribution < 1.29 is 14.2 Å². The Morgan fingerprint density at radius 1 is 0.346 bits per heavy atom. The van der Waals surface area contributed by atoms with Crippen molar-refractivity contribution in [1.82, 2.24) is 29.9 Å². The maximum atomic E-state index is 6.36. The molecule has 0 saturated heterocycles. The van der Waals surface area contributed by atoms with Gasteiger partial charge in [0.1, 0.15) is 47.4 Å². The minimum absolute atomic E-state index is 0.0868. The fourth-order valence-electron chi connectivity index (χ4n) is 8.27. The van der Waals surface area contributed by atoms with Gasteiger partial charge in [-0.2, -0.15) is 0 Å². The molecule has 4 heterocycles. The van der Waals surface area contributed by atoms with Gasteiger partial charge in [-0.25, -0.2) is 29.9 Å². The molecule has 0 aliphatic carbocycles. The van der Waals surface area contributed by atoms with Crippen LogP contribution in [-0.2, 0) is 50.8 Å². The average molecular weight is 1220 g/mol. The first-order chi connectivity index (χ1) is 37.2. The van der Waals surface area contributed by atoms with Crippen LogP contribution < -0.4 is 14.2 Å². The molecule has 12 bridgehead atoms. The maximum Gasteiger partial charge on any atom is 0.189 e. The van der Waals surface area contributed by atoms with E-state index in [1.807, 2.05) is 0 Å². The van der Waals surface area contributed by atoms with Crippen LogP contribution >= 0.6 is 106 Å². The molecular formula is C60H78N6O3S9. The summed E-state index contributed by atoms with van der Waals surface area (Å²) in [5.74, 6) is 9.67. The van der Waals surface area contributed by atoms with Crippen molar-refractivity contribution in [2.45, 2.75) is 199 Å². The van der Waals surface area contributed by atoms with Crippen LogP contribution in [0.3, 0.4) is 0 Å². The van der Waals surface area contributed by atoms with Crippen LogP contribution in [0, 0.1) is 0 Å². The number of methoxy groups -OCH3 is 3. The van der Waals surface area contributed by atoms with Gasteiger partial charge < -0.3 is 14.2 Å². The minimum atomic E-state index is -0.0868. The van der Waals surface area contributed by atoms with Gasteiger partial charge in [0.15, 0.2) is 15.5 Å². The molecule has 0 unspecified atom stereocenters. The molecule has 1 aliphatic rings. The van der Waals surface area contributed by atoms with Gasteiger partial charge in [-0.3, -0.25) is 0 Å². The molecule has 0 saturated carbocycles. The van der Waals surface area contributed by atoms with Crippen LogP contribution in [0.25, 0.3) is 0 Å². The molecular weight excluding hydrogens is 1140 g/mol. The van der Waals surface area contributed by atoms with Crippen LogP contribution in [0.5, 0.6) is 17.2 Å². The summed E-state index contributed by atoms with van der Waals surface area (Å²) in [6, 6.07) is 20.5. The van der Waals surface area contributed by atoms with Gasteiger partial charge in [0, 0.05) is 103 Å². The van der Waals surface area contributed by atoms with E-state index in [2.05, 4.69) is 138 Å². The largest absolute Gasteiger partial charge is 0.496 e. The van der Waals surface area contributed by atoms with E-state index in [9.17, 15) is 0 Å². The maximum absolute atomic E-state index is 6.36. The Kier molecular flexibility index (Phi) is 23.5. The quantitative estimate of drug-likeness (QED) is 0.0659. The lowest BCUT2D eigenvalue weighted by Gasteiger charge is -2.24. The number of rotatable bonds is 12. The Balaban J connectivity index is 1.36. The molecule has 78 heavy (non-hydrogen) atoms. The number of aromatic nitrogens is 6. The second-order valence-electron chi connectivity index (χ2n) is 22.0. The average Bonchev–Trinajstić information content (AvgIpc) is 3.40. The second kappa shape index (κ2) is 29.1. The number of ether oxygens (including phenoxy) is 3. The lowest BCUT2D eigenvalue weighted by molar-refractivity contribution is 0.407. The zero-order valence-electron chi connectivity index (χ0n) is 48.3. The Labute approximate surface area is 504 Å². The van der Waals surface area contributed by atoms with Gasteiger partial charge >= 0.3 is 0 Å². The highest BCUT2D eigenvalue weighted by molar-refractivity contribution is 8.01. The van der Waals surface area contributed by atoms with E-state index in [1.165, 1.54) is 16.7 Å². The fraction of sp³-hybridized carbons (Fsp3) is 0.500. The molecule has 0 atom stereocenters. The Morgan fingerprint density at radius 2 is 0.538 bits per heavy atom. The van der Waals surface area contributed by atoms with Crippen molar-refractivity contribution in [3.05, 3.63) is 105 Å². The third-order valence-corrected chi connectivity index (χ3v) is 21.4. The van der Waals surface area contributed by atoms with Gasteiger partial charge in [-0.15, -0.1) is 70.6 Å². The predicted octanol–water partition coefficient (Wildman–Crippen LogP) is 18.5. The van der Waals surface area contributed by atoms with Gasteiger partial charge in [-0.05, 0) is 52.2 Å². The molecule has 9 nitrogen and oxygen atoms in total. The summed E-state index contributed by atoms with van der Waals surface area (Å²) in [5.41, 5.74) is 10.4. The highest BCUT2D eigenvalue weighted by Crippen LogP contribution is 2.44. The van der Waals surface area contributed by atoms with Crippen LogP contribution in [0.15, 0.2) is 100 Å². The Bertz CT molecular complexity index is 2540. The van der Waals surface area contributed by atoms with Crippen molar-refractivity contribution in [3.8, 4) is 17.2 Å². The smallest absolute Gasteiger partial charge is 0.189 e. The van der Waals surface area contributed by atoms with Crippen LogP contribution in [-0.4, -0.2) is 68.5 Å². The highest BCUT2D eigenvalue weighted by Gasteiger charge is 2.25. The van der Waals surface area contributed by atoms with E-state index >= 15 is 0 Å². The SMILES string of the molecule is CCCSc1nc2cc(n1)SCc1cc(C(C)(C)C)cc(c1OC)CSc1cc(nc(SCCC)n1)SCc1cc(C(C)(C)C)cc(c1OC)CSc1cc(nc(SCCC)n1)SCc1cc(C(C)(C)C)cc(c1OC)CS2. The monoisotopic (exact) mass is 1220 g/mol. The number of thioether (sulfide) groups is 9. The van der Waals surface area contributed by atoms with Gasteiger partial charge in [0.2, 0.25) is 0 Å². The normalized spacial score (nSPS) is 14.2. The van der Waals surface area contributed by atoms with E-state index in [4.69, 9.17) is 44.1 Å². The Morgan fingerprint density at radius 3 is 0.692 bits per heavy atom. The van der Waals surface area contributed by atoms with Gasteiger partial charge in [-0.1, -0.05) is 155 Å². The molecule has 1 aliphatic heterocycles. The molecule has 0 N–H and O–H groups in total. The zero-order chi connectivity index (χ0) is 56.2. The lowest BCUT2D eigenvalue weighted by atomic mass is 9.85. The first-order valence-electron chi connectivity index (χ1n) is 26.6. The third-order valence-electron chi connectivity index (χ3n) is 12.5. The standard InChI is InChI=1S/C60H78N6O3S9/c1-16-19-70-55-61-46-28-47(62-55)74-32-38-23-44(59(7,8)9)25-40(53(38)68-14)34-76-49-30-51(66-57(64-49)72-21-18-3)78-36-42-27-45(60(10,11)12)26-41(54(42)69-15)35-77-50-29-48(63-56(65-50)71-20-17-2)75-33-39-24-43(58(4,5)6)22-37(31-73-46)52(39)67-13/h22-30H,16-21,31-36H2,1-15H3. The molecule has 3 aromatic heterocycles. The van der Waals surface area contributed by atoms with Crippen LogP contribution in [0.1, 0.15) is 152 Å². The van der Waals surface area contributed by atoms with Crippen molar-refractivity contribution in [1.29, 1.82) is 0 Å². The zero-order valence-corrected chi connectivity index (χ0v) is 55.6. The van der Waals surface area contributed by atoms with E-state index in [1.54, 1.807) is 127 Å². The molecule has 0 spiro atoms. The molecule has 7 rings (SSSR count). The summed E-state index contributed by atoms with van der Waals surface area (Å²) < 4.78 is 19.1. The fourth-order valence-corrected chi connectivity index (χ4v) is 16.2. The summed E-state index contributed by atoms with van der Waals surface area (Å²) in [7, 11) is 5.40. The highest BCUT2D eigenvalue weighted by atomic mass is 32.2. The molecule has 420 valence electrons. The first-order valence-corrected chi connectivity index (χ1v) is 35.5. The van der Waals surface area contributed by atoms with Crippen molar-refractivity contribution in [2.24, 2.45) is 0 Å². The number of benzene rings is 3. The van der Waals surface area contributed by atoms with Crippen molar-refractivity contribution in [3.63, 3.8) is 0 Å². The van der Waals surface area contributed by atoms with Crippen molar-refractivity contribution in [2.75, 3.05) is 38.6 Å². The summed E-state index contributed by atoms with van der Waals surface area (Å²) in [6.45, 7) is 27.2. The molecule has 0 amide bonds. The lowest BCUT2D eigenvalue weighted by Crippen LogP contribution is -2.13. The van der Waals surface area contributed by atoms with E-state index in [0.29, 0.717) is 34.5 Å². The van der Waals surface area contributed by atoms with E-state index in [-0.39, 0.29) is 16.2 Å². The van der Waals surface area contributed by atoms with E-state index in [0.717, 1.165) is 133 Å². The number of nitrogens with zero attached hydrogens (tertiary/aromatic N) is 6. The van der Waals surface area contributed by atoms with Gasteiger partial charge in [0.25, 0.3) is 0 Å².